The summed E-state index contributed by atoms with van der Waals surface area (Å²) >= 11 is 1.62. The number of rotatable bonds is 4. The lowest BCUT2D eigenvalue weighted by Crippen LogP contribution is -2.46. The third-order valence-electron chi connectivity index (χ3n) is 3.19. The normalized spacial score (nSPS) is 19.8. The topological polar surface area (TPSA) is 45.2 Å². The van der Waals surface area contributed by atoms with Gasteiger partial charge in [0.05, 0.1) is 0 Å². The molecule has 2 rings (SSSR count). The fourth-order valence-corrected chi connectivity index (χ4v) is 3.48. The average molecular weight is 277 g/mol. The van der Waals surface area contributed by atoms with Crippen LogP contribution in [0.3, 0.4) is 0 Å². The average Bonchev–Trinajstić information content (AvgIpc) is 2.43. The number of thioether (sulfide) groups is 1. The molecule has 0 aliphatic carbocycles. The Balaban J connectivity index is 2.30. The minimum absolute atomic E-state index is 0.0732. The van der Waals surface area contributed by atoms with E-state index in [1.165, 1.54) is 0 Å². The van der Waals surface area contributed by atoms with Crippen molar-refractivity contribution in [3.8, 4) is 0 Å². The van der Waals surface area contributed by atoms with Crippen molar-refractivity contribution in [3.05, 3.63) is 35.8 Å². The molecule has 1 unspecified atom stereocenters. The molecule has 1 aromatic heterocycles. The maximum Gasteiger partial charge on any atom is 0.252 e. The highest BCUT2D eigenvalue weighted by Gasteiger charge is 2.31. The summed E-state index contributed by atoms with van der Waals surface area (Å²) in [5.41, 5.74) is 2.03. The molecule has 0 radical (unpaired) electrons. The van der Waals surface area contributed by atoms with Gasteiger partial charge in [-0.3, -0.25) is 14.7 Å². The Labute approximate surface area is 118 Å². The number of likely N-dealkylation sites (N-methyl/N-ethyl adjacent to an activating group) is 1. The fraction of sp³-hybridized carbons (Fsp3) is 0.429. The number of hydrogen-bond acceptors (Lipinski definition) is 4. The van der Waals surface area contributed by atoms with E-state index in [0.717, 1.165) is 29.3 Å². The minimum Gasteiger partial charge on any atom is -0.327 e. The van der Waals surface area contributed by atoms with Crippen LogP contribution in [-0.4, -0.2) is 34.3 Å². The summed E-state index contributed by atoms with van der Waals surface area (Å²) < 4.78 is 0. The predicted octanol–water partition coefficient (Wildman–Crippen LogP) is 2.30. The number of amides is 1. The first kappa shape index (κ1) is 14.1. The quantitative estimate of drug-likeness (QED) is 0.917. The maximum atomic E-state index is 12.1. The second-order valence-electron chi connectivity index (χ2n) is 4.37. The van der Waals surface area contributed by atoms with Gasteiger partial charge in [0.25, 0.3) is 5.91 Å². The van der Waals surface area contributed by atoms with Gasteiger partial charge >= 0.3 is 0 Å². The van der Waals surface area contributed by atoms with E-state index in [-0.39, 0.29) is 11.3 Å². The van der Waals surface area contributed by atoms with Gasteiger partial charge in [0, 0.05) is 23.0 Å². The Kier molecular flexibility index (Phi) is 4.61. The molecule has 4 nitrogen and oxygen atoms in total. The first-order chi connectivity index (χ1) is 9.17. The van der Waals surface area contributed by atoms with Gasteiger partial charge in [-0.05, 0) is 37.7 Å². The molecule has 1 aromatic rings. The van der Waals surface area contributed by atoms with E-state index in [9.17, 15) is 4.79 Å². The molecule has 0 saturated heterocycles. The molecule has 0 spiro atoms. The number of pyridine rings is 1. The predicted molar refractivity (Wildman–Crippen MR) is 79.3 cm³/mol. The van der Waals surface area contributed by atoms with Gasteiger partial charge in [-0.1, -0.05) is 25.6 Å². The number of carbonyl (C=O) groups excluding carboxylic acids is 1. The number of aromatic nitrogens is 1. The Morgan fingerprint density at radius 2 is 1.95 bits per heavy atom. The van der Waals surface area contributed by atoms with E-state index in [1.807, 2.05) is 19.1 Å². The summed E-state index contributed by atoms with van der Waals surface area (Å²) in [7, 11) is 0. The van der Waals surface area contributed by atoms with Gasteiger partial charge < -0.3 is 5.32 Å². The van der Waals surface area contributed by atoms with E-state index in [1.54, 1.807) is 24.2 Å². The van der Waals surface area contributed by atoms with Crippen molar-refractivity contribution < 1.29 is 4.79 Å². The minimum atomic E-state index is -0.151. The van der Waals surface area contributed by atoms with Gasteiger partial charge in [0.15, 0.2) is 0 Å². The zero-order chi connectivity index (χ0) is 13.8. The third kappa shape index (κ3) is 2.98. The van der Waals surface area contributed by atoms with Crippen LogP contribution < -0.4 is 5.32 Å². The van der Waals surface area contributed by atoms with Crippen molar-refractivity contribution in [1.29, 1.82) is 0 Å². The lowest BCUT2D eigenvalue weighted by Gasteiger charge is -2.32. The lowest BCUT2D eigenvalue weighted by molar-refractivity contribution is -0.122. The van der Waals surface area contributed by atoms with Crippen LogP contribution in [0.25, 0.3) is 4.91 Å². The summed E-state index contributed by atoms with van der Waals surface area (Å²) in [6.45, 7) is 7.83. The van der Waals surface area contributed by atoms with Crippen molar-refractivity contribution in [2.75, 3.05) is 13.1 Å². The van der Waals surface area contributed by atoms with Crippen LogP contribution in [0.2, 0.25) is 0 Å². The third-order valence-corrected chi connectivity index (χ3v) is 4.70. The summed E-state index contributed by atoms with van der Waals surface area (Å²) in [4.78, 5) is 19.4. The van der Waals surface area contributed by atoms with Crippen LogP contribution >= 0.6 is 11.8 Å². The monoisotopic (exact) mass is 277 g/mol. The molecule has 2 heterocycles. The lowest BCUT2D eigenvalue weighted by atomic mass is 10.2. The van der Waals surface area contributed by atoms with Crippen LogP contribution in [0, 0.1) is 0 Å². The molecule has 0 saturated carbocycles. The zero-order valence-corrected chi connectivity index (χ0v) is 12.3. The molecule has 102 valence electrons. The number of carbonyl (C=O) groups is 1. The van der Waals surface area contributed by atoms with E-state index in [0.29, 0.717) is 0 Å². The van der Waals surface area contributed by atoms with E-state index in [2.05, 4.69) is 29.0 Å². The van der Waals surface area contributed by atoms with Crippen LogP contribution in [0.15, 0.2) is 30.2 Å². The highest BCUT2D eigenvalue weighted by Crippen LogP contribution is 2.37. The SMILES string of the molecule is CCN(CC)C1SC(c2ccncc2)=C(C)NC1=O. The van der Waals surface area contributed by atoms with Crippen LogP contribution in [0.5, 0.6) is 0 Å². The molecule has 1 aliphatic heterocycles. The fourth-order valence-electron chi connectivity index (χ4n) is 2.14. The Bertz CT molecular complexity index is 483. The number of nitrogens with one attached hydrogen (secondary N) is 1. The molecule has 19 heavy (non-hydrogen) atoms. The Hall–Kier alpha value is -1.33. The zero-order valence-electron chi connectivity index (χ0n) is 11.5. The largest absolute Gasteiger partial charge is 0.327 e. The van der Waals surface area contributed by atoms with Crippen LogP contribution in [0.1, 0.15) is 26.3 Å². The van der Waals surface area contributed by atoms with Gasteiger partial charge in [-0.25, -0.2) is 0 Å². The molecule has 0 fully saturated rings. The summed E-state index contributed by atoms with van der Waals surface area (Å²) in [6.07, 6.45) is 3.55. The maximum absolute atomic E-state index is 12.1. The van der Waals surface area contributed by atoms with Crippen molar-refractivity contribution in [3.63, 3.8) is 0 Å². The van der Waals surface area contributed by atoms with Crippen molar-refractivity contribution in [1.82, 2.24) is 15.2 Å². The van der Waals surface area contributed by atoms with E-state index >= 15 is 0 Å². The smallest absolute Gasteiger partial charge is 0.252 e. The molecule has 1 N–H and O–H groups in total. The number of allylic oxidation sites excluding steroid dienone is 1. The van der Waals surface area contributed by atoms with Gasteiger partial charge in [0.2, 0.25) is 0 Å². The van der Waals surface area contributed by atoms with Crippen molar-refractivity contribution in [2.24, 2.45) is 0 Å². The summed E-state index contributed by atoms with van der Waals surface area (Å²) in [6, 6.07) is 3.95. The molecule has 5 heteroatoms. The standard InChI is InChI=1S/C14H19N3OS/c1-4-17(5-2)14-13(18)16-10(3)12(19-14)11-6-8-15-9-7-11/h6-9,14H,4-5H2,1-3H3,(H,16,18). The molecular formula is C14H19N3OS. The summed E-state index contributed by atoms with van der Waals surface area (Å²) in [5, 5.41) is 2.83. The Morgan fingerprint density at radius 1 is 1.32 bits per heavy atom. The molecule has 0 bridgehead atoms. The van der Waals surface area contributed by atoms with Crippen LogP contribution in [0.4, 0.5) is 0 Å². The second kappa shape index (κ2) is 6.21. The molecule has 1 aliphatic rings. The van der Waals surface area contributed by atoms with Gasteiger partial charge in [-0.2, -0.15) is 0 Å². The van der Waals surface area contributed by atoms with Crippen molar-refractivity contribution in [2.45, 2.75) is 26.1 Å². The highest BCUT2D eigenvalue weighted by molar-refractivity contribution is 8.09. The number of hydrogen-bond donors (Lipinski definition) is 1. The van der Waals surface area contributed by atoms with Gasteiger partial charge in [-0.15, -0.1) is 0 Å². The van der Waals surface area contributed by atoms with E-state index < -0.39 is 0 Å². The molecular weight excluding hydrogens is 258 g/mol. The van der Waals surface area contributed by atoms with Gasteiger partial charge in [0.1, 0.15) is 5.37 Å². The first-order valence-electron chi connectivity index (χ1n) is 6.50. The molecule has 1 atom stereocenters. The molecule has 1 amide bonds. The Morgan fingerprint density at radius 3 is 2.53 bits per heavy atom. The van der Waals surface area contributed by atoms with E-state index in [4.69, 9.17) is 0 Å². The second-order valence-corrected chi connectivity index (χ2v) is 5.46. The van der Waals surface area contributed by atoms with Crippen LogP contribution in [-0.2, 0) is 4.79 Å². The van der Waals surface area contributed by atoms with Crippen molar-refractivity contribution >= 4 is 22.6 Å². The first-order valence-corrected chi connectivity index (χ1v) is 7.38. The molecule has 0 aromatic carbocycles. The summed E-state index contributed by atoms with van der Waals surface area (Å²) in [5.74, 6) is 0.0732. The highest BCUT2D eigenvalue weighted by atomic mass is 32.2. The number of nitrogens with zero attached hydrogens (tertiary/aromatic N) is 2.